The second-order valence-corrected chi connectivity index (χ2v) is 5.67. The fourth-order valence-electron chi connectivity index (χ4n) is 0.817. The minimum absolute atomic E-state index is 0.354. The maximum absolute atomic E-state index is 5.36. The highest BCUT2D eigenvalue weighted by Gasteiger charge is 2.16. The van der Waals surface area contributed by atoms with Gasteiger partial charge >= 0.3 is 6.72 Å². The van der Waals surface area contributed by atoms with Gasteiger partial charge in [-0.2, -0.15) is 0 Å². The molecule has 0 radical (unpaired) electrons. The summed E-state index contributed by atoms with van der Waals surface area (Å²) in [5.41, 5.74) is 0.941. The van der Waals surface area contributed by atoms with Crippen LogP contribution in [0.15, 0.2) is 24.5 Å². The number of hydrogen-bond donors (Lipinski definition) is 0. The molecular weight excluding hydrogens is 221 g/mol. The van der Waals surface area contributed by atoms with E-state index in [-0.39, 0.29) is 0 Å². The zero-order valence-electron chi connectivity index (χ0n) is 8.04. The van der Waals surface area contributed by atoms with Crippen LogP contribution in [0.1, 0.15) is 5.56 Å². The molecule has 6 heteroatoms. The minimum atomic E-state index is -2.54. The summed E-state index contributed by atoms with van der Waals surface area (Å²) in [6.07, 6.45) is 3.41. The van der Waals surface area contributed by atoms with Gasteiger partial charge in [-0.3, -0.25) is 4.98 Å². The van der Waals surface area contributed by atoms with Gasteiger partial charge in [-0.1, -0.05) is 6.07 Å². The first-order valence-electron chi connectivity index (χ1n) is 3.95. The van der Waals surface area contributed by atoms with Gasteiger partial charge in [0, 0.05) is 26.6 Å². The lowest BCUT2D eigenvalue weighted by Crippen LogP contribution is -1.95. The zero-order valence-corrected chi connectivity index (χ0v) is 9.75. The van der Waals surface area contributed by atoms with Crippen molar-refractivity contribution in [2.45, 2.75) is 6.61 Å². The molecule has 1 heterocycles. The van der Waals surface area contributed by atoms with Crippen LogP contribution in [0.5, 0.6) is 0 Å². The largest absolute Gasteiger partial charge is 0.326 e. The van der Waals surface area contributed by atoms with Crippen LogP contribution in [0, 0.1) is 0 Å². The van der Waals surface area contributed by atoms with Crippen molar-refractivity contribution >= 4 is 18.5 Å². The Morgan fingerprint density at radius 2 is 2.14 bits per heavy atom. The second-order valence-electron chi connectivity index (χ2n) is 2.45. The molecule has 0 aliphatic rings. The van der Waals surface area contributed by atoms with Crippen molar-refractivity contribution in [1.82, 2.24) is 4.98 Å². The van der Waals surface area contributed by atoms with Crippen LogP contribution in [-0.4, -0.2) is 19.2 Å². The topological polar surface area (TPSA) is 40.6 Å². The molecule has 0 spiro atoms. The Hall–Kier alpha value is -0.320. The van der Waals surface area contributed by atoms with Crippen LogP contribution < -0.4 is 0 Å². The molecule has 1 aromatic heterocycles. The first-order chi connectivity index (χ1) is 6.70. The lowest BCUT2D eigenvalue weighted by molar-refractivity contribution is 0.195. The van der Waals surface area contributed by atoms with E-state index in [1.807, 2.05) is 12.1 Å². The smallest absolute Gasteiger partial charge is 0.312 e. The average molecular weight is 233 g/mol. The molecule has 0 N–H and O–H groups in total. The fourth-order valence-corrected chi connectivity index (χ4v) is 1.64. The highest BCUT2D eigenvalue weighted by atomic mass is 32.5. The number of pyridine rings is 1. The van der Waals surface area contributed by atoms with Crippen LogP contribution in [0.4, 0.5) is 0 Å². The molecular formula is C8H12NO3PS. The van der Waals surface area contributed by atoms with Gasteiger partial charge in [0.05, 0.1) is 6.61 Å². The molecule has 0 aromatic carbocycles. The van der Waals surface area contributed by atoms with Crippen molar-refractivity contribution in [1.29, 1.82) is 0 Å². The van der Waals surface area contributed by atoms with Gasteiger partial charge in [0.25, 0.3) is 0 Å². The van der Waals surface area contributed by atoms with Crippen molar-refractivity contribution in [3.63, 3.8) is 0 Å². The Labute approximate surface area is 88.5 Å². The summed E-state index contributed by atoms with van der Waals surface area (Å²) in [7, 11) is 2.96. The highest BCUT2D eigenvalue weighted by Crippen LogP contribution is 2.48. The Morgan fingerprint density at radius 1 is 1.43 bits per heavy atom. The van der Waals surface area contributed by atoms with Gasteiger partial charge in [0.15, 0.2) is 0 Å². The molecule has 0 saturated heterocycles. The lowest BCUT2D eigenvalue weighted by atomic mass is 10.3. The third kappa shape index (κ3) is 3.44. The summed E-state index contributed by atoms with van der Waals surface area (Å²) in [6.45, 7) is -2.19. The Bertz CT molecular complexity index is 312. The standard InChI is InChI=1S/C8H12NO3PS/c1-10-13(14,11-2)12-7-8-4-3-5-9-6-8/h3-6H,7H2,1-2H3. The monoisotopic (exact) mass is 233 g/mol. The second kappa shape index (κ2) is 5.53. The van der Waals surface area contributed by atoms with E-state index in [0.29, 0.717) is 6.61 Å². The predicted molar refractivity (Wildman–Crippen MR) is 57.3 cm³/mol. The first-order valence-corrected chi connectivity index (χ1v) is 6.51. The predicted octanol–water partition coefficient (Wildman–Crippen LogP) is 2.12. The third-order valence-corrected chi connectivity index (χ3v) is 4.11. The Balaban J connectivity index is 2.52. The molecule has 0 saturated carbocycles. The van der Waals surface area contributed by atoms with Crippen molar-refractivity contribution in [2.24, 2.45) is 0 Å². The van der Waals surface area contributed by atoms with Crippen LogP contribution in [0.3, 0.4) is 0 Å². The summed E-state index contributed by atoms with van der Waals surface area (Å²) in [6, 6.07) is 3.74. The van der Waals surface area contributed by atoms with Crippen LogP contribution in [0.25, 0.3) is 0 Å². The normalized spacial score (nSPS) is 11.6. The molecule has 0 bridgehead atoms. The molecule has 14 heavy (non-hydrogen) atoms. The number of aromatic nitrogens is 1. The fraction of sp³-hybridized carbons (Fsp3) is 0.375. The van der Waals surface area contributed by atoms with Gasteiger partial charge in [0.2, 0.25) is 0 Å². The minimum Gasteiger partial charge on any atom is -0.312 e. The SMILES string of the molecule is COP(=S)(OC)OCc1cccnc1. The number of rotatable bonds is 5. The van der Waals surface area contributed by atoms with E-state index in [2.05, 4.69) is 4.98 Å². The lowest BCUT2D eigenvalue weighted by Gasteiger charge is -2.16. The summed E-state index contributed by atoms with van der Waals surface area (Å²) in [5, 5.41) is 0. The van der Waals surface area contributed by atoms with E-state index >= 15 is 0 Å². The molecule has 1 rings (SSSR count). The van der Waals surface area contributed by atoms with Gasteiger partial charge in [-0.15, -0.1) is 0 Å². The molecule has 0 aliphatic carbocycles. The van der Waals surface area contributed by atoms with Crippen molar-refractivity contribution < 1.29 is 13.6 Å². The van der Waals surface area contributed by atoms with Gasteiger partial charge < -0.3 is 13.6 Å². The quantitative estimate of drug-likeness (QED) is 0.728. The van der Waals surface area contributed by atoms with E-state index in [0.717, 1.165) is 5.56 Å². The van der Waals surface area contributed by atoms with Gasteiger partial charge in [-0.25, -0.2) is 0 Å². The molecule has 0 fully saturated rings. The maximum atomic E-state index is 5.36. The molecule has 1 aromatic rings. The van der Waals surface area contributed by atoms with E-state index in [1.165, 1.54) is 14.2 Å². The molecule has 0 atom stereocenters. The van der Waals surface area contributed by atoms with Crippen LogP contribution in [-0.2, 0) is 32.0 Å². The molecule has 78 valence electrons. The first kappa shape index (κ1) is 11.8. The van der Waals surface area contributed by atoms with E-state index in [9.17, 15) is 0 Å². The maximum Gasteiger partial charge on any atom is 0.326 e. The molecule has 4 nitrogen and oxygen atoms in total. The van der Waals surface area contributed by atoms with Crippen molar-refractivity contribution in [3.8, 4) is 0 Å². The van der Waals surface area contributed by atoms with Crippen LogP contribution in [0.2, 0.25) is 0 Å². The zero-order chi connectivity index (χ0) is 10.4. The molecule has 0 amide bonds. The third-order valence-electron chi connectivity index (χ3n) is 1.56. The number of hydrogen-bond acceptors (Lipinski definition) is 5. The summed E-state index contributed by atoms with van der Waals surface area (Å²) >= 11 is 5.03. The van der Waals surface area contributed by atoms with E-state index in [1.54, 1.807) is 12.4 Å². The Morgan fingerprint density at radius 3 is 2.64 bits per heavy atom. The summed E-state index contributed by atoms with van der Waals surface area (Å²) in [5.74, 6) is 0. The molecule has 0 aliphatic heterocycles. The molecule has 0 unspecified atom stereocenters. The highest BCUT2D eigenvalue weighted by molar-refractivity contribution is 8.07. The average Bonchev–Trinajstić information content (AvgIpc) is 2.27. The van der Waals surface area contributed by atoms with E-state index in [4.69, 9.17) is 25.4 Å². The van der Waals surface area contributed by atoms with Gasteiger partial charge in [0.1, 0.15) is 0 Å². The van der Waals surface area contributed by atoms with Crippen molar-refractivity contribution in [2.75, 3.05) is 14.2 Å². The number of nitrogens with zero attached hydrogens (tertiary/aromatic N) is 1. The van der Waals surface area contributed by atoms with Crippen molar-refractivity contribution in [3.05, 3.63) is 30.1 Å². The van der Waals surface area contributed by atoms with Gasteiger partial charge in [-0.05, 0) is 23.4 Å². The Kier molecular flexibility index (Phi) is 4.65. The summed E-state index contributed by atoms with van der Waals surface area (Å²) in [4.78, 5) is 3.95. The van der Waals surface area contributed by atoms with E-state index < -0.39 is 6.72 Å². The van der Waals surface area contributed by atoms with Crippen LogP contribution >= 0.6 is 6.72 Å². The summed E-state index contributed by atoms with van der Waals surface area (Å²) < 4.78 is 15.3.